The highest BCUT2D eigenvalue weighted by molar-refractivity contribution is 5.85. The molecule has 3 N–H and O–H groups in total. The van der Waals surface area contributed by atoms with Crippen LogP contribution in [0.25, 0.3) is 11.2 Å². The van der Waals surface area contributed by atoms with Crippen LogP contribution in [0.4, 0.5) is 17.2 Å². The molecule has 2 fully saturated rings. The van der Waals surface area contributed by atoms with Crippen LogP contribution in [0, 0.1) is 0 Å². The summed E-state index contributed by atoms with van der Waals surface area (Å²) in [4.78, 5) is 20.3. The second-order valence-corrected chi connectivity index (χ2v) is 10.7. The molecular formula is C26H37N9O. The quantitative estimate of drug-likeness (QED) is 0.497. The molecule has 2 saturated heterocycles. The minimum Gasteiger partial charge on any atom is -0.378 e. The van der Waals surface area contributed by atoms with E-state index in [1.807, 2.05) is 12.1 Å². The van der Waals surface area contributed by atoms with Crippen LogP contribution >= 0.6 is 0 Å². The van der Waals surface area contributed by atoms with E-state index in [2.05, 4.69) is 70.3 Å². The zero-order valence-corrected chi connectivity index (χ0v) is 21.8. The first-order valence-corrected chi connectivity index (χ1v) is 13.1. The molecule has 0 unspecified atom stereocenters. The summed E-state index contributed by atoms with van der Waals surface area (Å²) < 4.78 is 7.81. The third kappa shape index (κ3) is 3.88. The summed E-state index contributed by atoms with van der Waals surface area (Å²) >= 11 is 0. The molecule has 10 heteroatoms. The number of benzene rings is 1. The van der Waals surface area contributed by atoms with E-state index in [0.717, 1.165) is 85.7 Å². The average molecular weight is 492 g/mol. The van der Waals surface area contributed by atoms with Gasteiger partial charge in [-0.2, -0.15) is 0 Å². The van der Waals surface area contributed by atoms with Crippen molar-refractivity contribution in [2.24, 2.45) is 7.05 Å². The molecule has 36 heavy (non-hydrogen) atoms. The molecule has 10 nitrogen and oxygen atoms in total. The Kier molecular flexibility index (Phi) is 5.77. The summed E-state index contributed by atoms with van der Waals surface area (Å²) in [6, 6.07) is 8.29. The third-order valence-electron chi connectivity index (χ3n) is 7.94. The highest BCUT2D eigenvalue weighted by Crippen LogP contribution is 2.41. The van der Waals surface area contributed by atoms with Gasteiger partial charge < -0.3 is 30.2 Å². The van der Waals surface area contributed by atoms with Crippen molar-refractivity contribution in [2.75, 3.05) is 61.5 Å². The second kappa shape index (κ2) is 8.86. The van der Waals surface area contributed by atoms with Crippen LogP contribution in [0.5, 0.6) is 0 Å². The van der Waals surface area contributed by atoms with Crippen molar-refractivity contribution in [2.45, 2.75) is 44.9 Å². The van der Waals surface area contributed by atoms with Crippen LogP contribution in [0.1, 0.15) is 38.8 Å². The van der Waals surface area contributed by atoms with Crippen LogP contribution in [0.2, 0.25) is 0 Å². The van der Waals surface area contributed by atoms with Gasteiger partial charge in [0.25, 0.3) is 0 Å². The number of aryl methyl sites for hydroxylation is 1. The number of nitrogens with zero attached hydrogens (tertiary/aromatic N) is 6. The van der Waals surface area contributed by atoms with Gasteiger partial charge in [-0.05, 0) is 32.4 Å². The largest absolute Gasteiger partial charge is 0.378 e. The lowest BCUT2D eigenvalue weighted by Crippen LogP contribution is -2.57. The lowest BCUT2D eigenvalue weighted by Gasteiger charge is -2.42. The molecule has 0 spiro atoms. The van der Waals surface area contributed by atoms with Crippen molar-refractivity contribution in [3.05, 3.63) is 35.9 Å². The summed E-state index contributed by atoms with van der Waals surface area (Å²) in [5, 5.41) is 10.9. The molecule has 3 aromatic rings. The summed E-state index contributed by atoms with van der Waals surface area (Å²) in [5.41, 5.74) is 3.37. The van der Waals surface area contributed by atoms with Crippen LogP contribution in [0.3, 0.4) is 0 Å². The first-order chi connectivity index (χ1) is 17.4. The smallest absolute Gasteiger partial charge is 0.179 e. The fraction of sp³-hybridized carbons (Fsp3) is 0.577. The van der Waals surface area contributed by atoms with Gasteiger partial charge in [0.15, 0.2) is 28.5 Å². The summed E-state index contributed by atoms with van der Waals surface area (Å²) in [7, 11) is 2.09. The second-order valence-electron chi connectivity index (χ2n) is 10.7. The van der Waals surface area contributed by atoms with E-state index in [-0.39, 0.29) is 5.54 Å². The lowest BCUT2D eigenvalue weighted by atomic mass is 10.0. The minimum atomic E-state index is -0.579. The van der Waals surface area contributed by atoms with Gasteiger partial charge in [0, 0.05) is 45.3 Å². The number of para-hydroxylation sites is 2. The number of hydrogen-bond acceptors (Lipinski definition) is 9. The summed E-state index contributed by atoms with van der Waals surface area (Å²) in [6.07, 6.45) is 0.787. The van der Waals surface area contributed by atoms with Gasteiger partial charge in [0.2, 0.25) is 0 Å². The Labute approximate surface area is 212 Å². The van der Waals surface area contributed by atoms with Crippen molar-refractivity contribution in [1.29, 1.82) is 0 Å². The summed E-state index contributed by atoms with van der Waals surface area (Å²) in [5.74, 6) is 2.65. The summed E-state index contributed by atoms with van der Waals surface area (Å²) in [6.45, 7) is 13.4. The number of aromatic nitrogens is 4. The van der Waals surface area contributed by atoms with E-state index < -0.39 is 5.66 Å². The van der Waals surface area contributed by atoms with Crippen LogP contribution in [-0.2, 0) is 24.0 Å². The van der Waals surface area contributed by atoms with Gasteiger partial charge >= 0.3 is 0 Å². The van der Waals surface area contributed by atoms with Gasteiger partial charge in [-0.1, -0.05) is 19.1 Å². The molecule has 192 valence electrons. The van der Waals surface area contributed by atoms with Crippen molar-refractivity contribution in [3.63, 3.8) is 0 Å². The molecule has 0 saturated carbocycles. The number of hydrogen-bond donors (Lipinski definition) is 3. The van der Waals surface area contributed by atoms with Crippen molar-refractivity contribution < 1.29 is 4.74 Å². The van der Waals surface area contributed by atoms with Crippen molar-refractivity contribution in [1.82, 2.24) is 29.7 Å². The maximum absolute atomic E-state index is 5.65. The van der Waals surface area contributed by atoms with E-state index >= 15 is 0 Å². The monoisotopic (exact) mass is 491 g/mol. The number of rotatable bonds is 5. The number of fused-ring (bicyclic) bond motifs is 2. The first-order valence-electron chi connectivity index (χ1n) is 13.1. The molecule has 0 atom stereocenters. The van der Waals surface area contributed by atoms with Crippen LogP contribution in [-0.4, -0.2) is 75.9 Å². The molecule has 0 bridgehead atoms. The molecule has 0 radical (unpaired) electrons. The Balaban J connectivity index is 1.46. The minimum absolute atomic E-state index is 0.0655. The molecule has 5 heterocycles. The van der Waals surface area contributed by atoms with E-state index in [4.69, 9.17) is 19.7 Å². The SMILES string of the molecule is CCC1(c2nc(N3CCOCC3)c3nc(CN4CCNCC4(C)C)n(C)c3n2)Nc2ccccc2N1. The maximum atomic E-state index is 5.65. The number of ether oxygens (including phenoxy) is 1. The van der Waals surface area contributed by atoms with E-state index in [1.54, 1.807) is 0 Å². The number of nitrogens with one attached hydrogen (secondary N) is 3. The molecule has 2 aromatic heterocycles. The third-order valence-corrected chi connectivity index (χ3v) is 7.94. The van der Waals surface area contributed by atoms with Crippen molar-refractivity contribution >= 4 is 28.4 Å². The number of piperazine rings is 1. The zero-order valence-electron chi connectivity index (χ0n) is 21.8. The lowest BCUT2D eigenvalue weighted by molar-refractivity contribution is 0.0792. The number of imidazole rings is 1. The fourth-order valence-electron chi connectivity index (χ4n) is 5.55. The Morgan fingerprint density at radius 3 is 2.39 bits per heavy atom. The van der Waals surface area contributed by atoms with Crippen molar-refractivity contribution in [3.8, 4) is 0 Å². The highest BCUT2D eigenvalue weighted by Gasteiger charge is 2.41. The van der Waals surface area contributed by atoms with Gasteiger partial charge in [0.05, 0.1) is 31.1 Å². The topological polar surface area (TPSA) is 95.4 Å². The first kappa shape index (κ1) is 23.4. The van der Waals surface area contributed by atoms with Gasteiger partial charge in [-0.25, -0.2) is 15.0 Å². The van der Waals surface area contributed by atoms with Crippen LogP contribution in [0.15, 0.2) is 24.3 Å². The van der Waals surface area contributed by atoms with Gasteiger partial charge in [-0.3, -0.25) is 4.90 Å². The number of anilines is 3. The Hall–Kier alpha value is -2.95. The Morgan fingerprint density at radius 1 is 1.00 bits per heavy atom. The Bertz CT molecular complexity index is 1240. The average Bonchev–Trinajstić information content (AvgIpc) is 3.44. The van der Waals surface area contributed by atoms with Crippen LogP contribution < -0.4 is 20.9 Å². The van der Waals surface area contributed by atoms with E-state index in [1.165, 1.54) is 0 Å². The zero-order chi connectivity index (χ0) is 24.9. The molecule has 3 aliphatic heterocycles. The molecule has 3 aliphatic rings. The van der Waals surface area contributed by atoms with E-state index in [0.29, 0.717) is 13.2 Å². The highest BCUT2D eigenvalue weighted by atomic mass is 16.5. The standard InChI is InChI=1S/C26H37N9O/c1-5-26(31-18-8-6-7-9-19(18)32-26)24-29-22-21(23(30-24)34-12-14-36-15-13-34)28-20(33(22)4)16-35-11-10-27-17-25(35,2)3/h6-9,27,31-32H,5,10-17H2,1-4H3. The molecular weight excluding hydrogens is 454 g/mol. The molecule has 0 aliphatic carbocycles. The molecule has 1 aromatic carbocycles. The normalized spacial score (nSPS) is 21.3. The predicted molar refractivity (Wildman–Crippen MR) is 142 cm³/mol. The molecule has 6 rings (SSSR count). The fourth-order valence-corrected chi connectivity index (χ4v) is 5.55. The van der Waals surface area contributed by atoms with Gasteiger partial charge in [0.1, 0.15) is 5.82 Å². The molecule has 0 amide bonds. The number of morpholine rings is 1. The van der Waals surface area contributed by atoms with Gasteiger partial charge in [-0.15, -0.1) is 0 Å². The van der Waals surface area contributed by atoms with E-state index in [9.17, 15) is 0 Å². The maximum Gasteiger partial charge on any atom is 0.179 e. The predicted octanol–water partition coefficient (Wildman–Crippen LogP) is 2.48. The Morgan fingerprint density at radius 2 is 1.72 bits per heavy atom.